The van der Waals surface area contributed by atoms with Gasteiger partial charge in [0.05, 0.1) is 5.69 Å². The van der Waals surface area contributed by atoms with E-state index in [-0.39, 0.29) is 5.56 Å². The minimum absolute atomic E-state index is 0.245. The summed E-state index contributed by atoms with van der Waals surface area (Å²) in [4.78, 5) is 21.9. The van der Waals surface area contributed by atoms with Gasteiger partial charge in [-0.25, -0.2) is 0 Å². The average molecular weight is 182 g/mol. The predicted molar refractivity (Wildman–Crippen MR) is 44.6 cm³/mol. The number of carbonyl (C=O) groups is 1. The van der Waals surface area contributed by atoms with Crippen LogP contribution in [-0.4, -0.2) is 20.9 Å². The van der Waals surface area contributed by atoms with Crippen LogP contribution in [0.15, 0.2) is 10.9 Å². The number of H-pyrrole nitrogens is 1. The van der Waals surface area contributed by atoms with E-state index in [0.717, 1.165) is 0 Å². The van der Waals surface area contributed by atoms with Gasteiger partial charge in [-0.05, 0) is 12.8 Å². The van der Waals surface area contributed by atoms with Crippen LogP contribution in [0.5, 0.6) is 0 Å². The van der Waals surface area contributed by atoms with Crippen LogP contribution < -0.4 is 5.56 Å². The quantitative estimate of drug-likeness (QED) is 0.666. The second kappa shape index (κ2) is 2.25. The number of hydrogen-bond donors (Lipinski definition) is 2. The Morgan fingerprint density at radius 2 is 2.31 bits per heavy atom. The maximum absolute atomic E-state index is 10.9. The SMILES string of the molecule is Cn1[nH]c(=O)cc1C1(C(=O)O)CC1. The van der Waals surface area contributed by atoms with Crippen LogP contribution in [0.3, 0.4) is 0 Å². The summed E-state index contributed by atoms with van der Waals surface area (Å²) in [6.07, 6.45) is 1.24. The molecule has 5 heteroatoms. The third-order valence-corrected chi connectivity index (χ3v) is 2.56. The molecule has 1 aliphatic rings. The van der Waals surface area contributed by atoms with E-state index in [4.69, 9.17) is 5.11 Å². The molecule has 70 valence electrons. The van der Waals surface area contributed by atoms with Crippen molar-refractivity contribution in [2.75, 3.05) is 0 Å². The van der Waals surface area contributed by atoms with E-state index in [9.17, 15) is 9.59 Å². The summed E-state index contributed by atoms with van der Waals surface area (Å²) in [6.45, 7) is 0. The van der Waals surface area contributed by atoms with Crippen molar-refractivity contribution < 1.29 is 9.90 Å². The van der Waals surface area contributed by atoms with Gasteiger partial charge in [-0.15, -0.1) is 0 Å². The maximum atomic E-state index is 10.9. The zero-order valence-corrected chi connectivity index (χ0v) is 7.20. The molecule has 13 heavy (non-hydrogen) atoms. The highest BCUT2D eigenvalue weighted by Gasteiger charge is 2.53. The zero-order valence-electron chi connectivity index (χ0n) is 7.20. The number of rotatable bonds is 2. The van der Waals surface area contributed by atoms with Crippen molar-refractivity contribution in [1.29, 1.82) is 0 Å². The summed E-state index contributed by atoms with van der Waals surface area (Å²) in [5.74, 6) is -0.845. The highest BCUT2D eigenvalue weighted by atomic mass is 16.4. The molecule has 1 aromatic heterocycles. The Labute approximate surface area is 74.0 Å². The molecule has 0 spiro atoms. The van der Waals surface area contributed by atoms with E-state index >= 15 is 0 Å². The molecule has 2 rings (SSSR count). The Hall–Kier alpha value is -1.52. The largest absolute Gasteiger partial charge is 0.481 e. The first kappa shape index (κ1) is 8.10. The lowest BCUT2D eigenvalue weighted by atomic mass is 10.0. The summed E-state index contributed by atoms with van der Waals surface area (Å²) >= 11 is 0. The number of aromatic amines is 1. The molecule has 1 fully saturated rings. The number of nitrogens with one attached hydrogen (secondary N) is 1. The highest BCUT2D eigenvalue weighted by Crippen LogP contribution is 2.47. The van der Waals surface area contributed by atoms with E-state index in [2.05, 4.69) is 5.10 Å². The Morgan fingerprint density at radius 3 is 2.62 bits per heavy atom. The minimum atomic E-state index is -0.845. The topological polar surface area (TPSA) is 75.1 Å². The highest BCUT2D eigenvalue weighted by molar-refractivity contribution is 5.84. The molecule has 0 radical (unpaired) electrons. The lowest BCUT2D eigenvalue weighted by Crippen LogP contribution is -2.22. The normalized spacial score (nSPS) is 18.5. The molecular formula is C8H10N2O3. The molecule has 0 unspecified atom stereocenters. The van der Waals surface area contributed by atoms with Crippen molar-refractivity contribution in [3.05, 3.63) is 22.1 Å². The number of hydrogen-bond acceptors (Lipinski definition) is 2. The van der Waals surface area contributed by atoms with Crippen LogP contribution >= 0.6 is 0 Å². The molecule has 1 heterocycles. The molecule has 1 aromatic rings. The van der Waals surface area contributed by atoms with E-state index < -0.39 is 11.4 Å². The van der Waals surface area contributed by atoms with E-state index in [1.807, 2.05) is 0 Å². The van der Waals surface area contributed by atoms with Gasteiger partial charge in [0.1, 0.15) is 5.41 Å². The molecule has 0 bridgehead atoms. The smallest absolute Gasteiger partial charge is 0.315 e. The third kappa shape index (κ3) is 0.998. The number of carboxylic acid groups (broad SMARTS) is 1. The lowest BCUT2D eigenvalue weighted by molar-refractivity contribution is -0.140. The van der Waals surface area contributed by atoms with Gasteiger partial charge in [0, 0.05) is 13.1 Å². The van der Waals surface area contributed by atoms with Gasteiger partial charge in [-0.2, -0.15) is 0 Å². The summed E-state index contributed by atoms with van der Waals surface area (Å²) in [7, 11) is 1.65. The molecule has 1 aliphatic carbocycles. The van der Waals surface area contributed by atoms with Gasteiger partial charge < -0.3 is 5.11 Å². The number of aromatic nitrogens is 2. The fourth-order valence-corrected chi connectivity index (χ4v) is 1.64. The Morgan fingerprint density at radius 1 is 1.69 bits per heavy atom. The van der Waals surface area contributed by atoms with Gasteiger partial charge in [-0.3, -0.25) is 19.4 Å². The zero-order chi connectivity index (χ0) is 9.64. The second-order valence-electron chi connectivity index (χ2n) is 3.45. The van der Waals surface area contributed by atoms with Crippen LogP contribution in [0.4, 0.5) is 0 Å². The summed E-state index contributed by atoms with van der Waals surface area (Å²) in [5, 5.41) is 11.5. The monoisotopic (exact) mass is 182 g/mol. The third-order valence-electron chi connectivity index (χ3n) is 2.56. The number of nitrogens with zero attached hydrogens (tertiary/aromatic N) is 1. The lowest BCUT2D eigenvalue weighted by Gasteiger charge is -2.09. The minimum Gasteiger partial charge on any atom is -0.481 e. The Balaban J connectivity index is 2.52. The van der Waals surface area contributed by atoms with E-state index in [1.54, 1.807) is 7.05 Å². The number of aryl methyl sites for hydroxylation is 1. The number of carboxylic acids is 1. The summed E-state index contributed by atoms with van der Waals surface area (Å²) < 4.78 is 1.49. The van der Waals surface area contributed by atoms with Crippen LogP contribution in [0.2, 0.25) is 0 Å². The molecule has 0 atom stereocenters. The van der Waals surface area contributed by atoms with Gasteiger partial charge >= 0.3 is 5.97 Å². The van der Waals surface area contributed by atoms with Crippen molar-refractivity contribution in [3.63, 3.8) is 0 Å². The van der Waals surface area contributed by atoms with Gasteiger partial charge in [0.25, 0.3) is 5.56 Å². The number of aliphatic carboxylic acids is 1. The predicted octanol–water partition coefficient (Wildman–Crippen LogP) is -0.170. The second-order valence-corrected chi connectivity index (χ2v) is 3.45. The maximum Gasteiger partial charge on any atom is 0.315 e. The first-order valence-electron chi connectivity index (χ1n) is 4.06. The van der Waals surface area contributed by atoms with Crippen molar-refractivity contribution >= 4 is 5.97 Å². The van der Waals surface area contributed by atoms with Crippen molar-refractivity contribution in [3.8, 4) is 0 Å². The molecule has 1 saturated carbocycles. The Kier molecular flexibility index (Phi) is 1.40. The first-order chi connectivity index (χ1) is 6.06. The Bertz CT molecular complexity index is 411. The molecular weight excluding hydrogens is 172 g/mol. The molecule has 0 aliphatic heterocycles. The van der Waals surface area contributed by atoms with Gasteiger partial charge in [-0.1, -0.05) is 0 Å². The van der Waals surface area contributed by atoms with Crippen molar-refractivity contribution in [2.45, 2.75) is 18.3 Å². The van der Waals surface area contributed by atoms with Crippen LogP contribution in [-0.2, 0) is 17.3 Å². The van der Waals surface area contributed by atoms with Crippen LogP contribution in [0, 0.1) is 0 Å². The van der Waals surface area contributed by atoms with Crippen LogP contribution in [0.25, 0.3) is 0 Å². The van der Waals surface area contributed by atoms with Crippen LogP contribution in [0.1, 0.15) is 18.5 Å². The van der Waals surface area contributed by atoms with Gasteiger partial charge in [0.15, 0.2) is 0 Å². The first-order valence-corrected chi connectivity index (χ1v) is 4.06. The van der Waals surface area contributed by atoms with E-state index in [0.29, 0.717) is 18.5 Å². The van der Waals surface area contributed by atoms with Crippen molar-refractivity contribution in [2.24, 2.45) is 7.05 Å². The molecule has 0 aromatic carbocycles. The molecule has 2 N–H and O–H groups in total. The van der Waals surface area contributed by atoms with E-state index in [1.165, 1.54) is 10.7 Å². The molecule has 0 amide bonds. The molecule has 5 nitrogen and oxygen atoms in total. The summed E-state index contributed by atoms with van der Waals surface area (Å²) in [6, 6.07) is 1.36. The average Bonchev–Trinajstić information content (AvgIpc) is 2.75. The fraction of sp³-hybridized carbons (Fsp3) is 0.500. The molecule has 0 saturated heterocycles. The van der Waals surface area contributed by atoms with Crippen molar-refractivity contribution in [1.82, 2.24) is 9.78 Å². The standard InChI is InChI=1S/C8H10N2O3/c1-10-5(4-6(11)9-10)8(2-3-8)7(12)13/h4H,2-3H2,1H3,(H,9,11)(H,12,13). The van der Waals surface area contributed by atoms with Gasteiger partial charge in [0.2, 0.25) is 0 Å². The summed E-state index contributed by atoms with van der Waals surface area (Å²) in [5.41, 5.74) is -0.469. The fourth-order valence-electron chi connectivity index (χ4n) is 1.64.